The van der Waals surface area contributed by atoms with E-state index in [-0.39, 0.29) is 18.0 Å². The van der Waals surface area contributed by atoms with Crippen LogP contribution in [0.15, 0.2) is 101 Å². The first-order valence-electron chi connectivity index (χ1n) is 10.9. The molecule has 3 aromatic rings. The van der Waals surface area contributed by atoms with E-state index in [1.54, 1.807) is 18.2 Å². The molecule has 0 saturated carbocycles. The number of carbonyl (C=O) groups excluding carboxylic acids is 1. The fraction of sp³-hybridized carbons (Fsp3) is 0.231. The van der Waals surface area contributed by atoms with Gasteiger partial charge in [-0.25, -0.2) is 13.8 Å². The van der Waals surface area contributed by atoms with Crippen molar-refractivity contribution in [2.24, 2.45) is 5.10 Å². The molecule has 0 heterocycles. The van der Waals surface area contributed by atoms with Gasteiger partial charge in [-0.2, -0.15) is 9.41 Å². The Morgan fingerprint density at radius 1 is 0.818 bits per heavy atom. The van der Waals surface area contributed by atoms with Gasteiger partial charge in [-0.05, 0) is 49.4 Å². The minimum Gasteiger partial charge on any atom is -0.272 e. The third kappa shape index (κ3) is 7.66. The van der Waals surface area contributed by atoms with E-state index in [0.717, 1.165) is 17.7 Å². The van der Waals surface area contributed by atoms with Gasteiger partial charge in [-0.15, -0.1) is 0 Å². The SMILES string of the molecule is C/C(CCc1ccccc1)=N\NC(=O)CN(CCc1ccccc1)S(=O)(=O)c1ccccc1. The lowest BCUT2D eigenvalue weighted by Crippen LogP contribution is -2.40. The molecule has 0 aliphatic rings. The number of aryl methyl sites for hydroxylation is 1. The highest BCUT2D eigenvalue weighted by Gasteiger charge is 2.26. The van der Waals surface area contributed by atoms with Gasteiger partial charge < -0.3 is 0 Å². The highest BCUT2D eigenvalue weighted by molar-refractivity contribution is 7.89. The molecule has 0 bridgehead atoms. The molecule has 172 valence electrons. The van der Waals surface area contributed by atoms with Crippen molar-refractivity contribution in [3.8, 4) is 0 Å². The van der Waals surface area contributed by atoms with E-state index in [1.807, 2.05) is 67.6 Å². The number of hydrogen-bond donors (Lipinski definition) is 1. The van der Waals surface area contributed by atoms with Crippen LogP contribution in [0.4, 0.5) is 0 Å². The summed E-state index contributed by atoms with van der Waals surface area (Å²) in [5.41, 5.74) is 5.48. The van der Waals surface area contributed by atoms with Gasteiger partial charge in [0.1, 0.15) is 0 Å². The lowest BCUT2D eigenvalue weighted by Gasteiger charge is -2.21. The summed E-state index contributed by atoms with van der Waals surface area (Å²) in [6.45, 7) is 1.72. The average molecular weight is 464 g/mol. The lowest BCUT2D eigenvalue weighted by atomic mass is 10.1. The largest absolute Gasteiger partial charge is 0.272 e. The number of benzene rings is 3. The van der Waals surface area contributed by atoms with Crippen molar-refractivity contribution in [1.82, 2.24) is 9.73 Å². The Hall–Kier alpha value is -3.29. The van der Waals surface area contributed by atoms with Gasteiger partial charge in [0.15, 0.2) is 0 Å². The van der Waals surface area contributed by atoms with Crippen LogP contribution in [-0.2, 0) is 27.7 Å². The third-order valence-electron chi connectivity index (χ3n) is 5.18. The molecule has 7 heteroatoms. The second-order valence-corrected chi connectivity index (χ2v) is 9.69. The normalized spacial score (nSPS) is 12.0. The zero-order valence-corrected chi connectivity index (χ0v) is 19.5. The zero-order chi connectivity index (χ0) is 23.5. The molecule has 0 aliphatic carbocycles. The van der Waals surface area contributed by atoms with Crippen molar-refractivity contribution in [2.45, 2.75) is 31.1 Å². The summed E-state index contributed by atoms with van der Waals surface area (Å²) < 4.78 is 27.6. The van der Waals surface area contributed by atoms with Gasteiger partial charge >= 0.3 is 0 Å². The second kappa shape index (κ2) is 12.1. The number of hydrogen-bond acceptors (Lipinski definition) is 4. The number of nitrogens with one attached hydrogen (secondary N) is 1. The summed E-state index contributed by atoms with van der Waals surface area (Å²) in [6, 6.07) is 27.8. The summed E-state index contributed by atoms with van der Waals surface area (Å²) in [5, 5.41) is 4.16. The van der Waals surface area contributed by atoms with Crippen LogP contribution in [0.2, 0.25) is 0 Å². The summed E-state index contributed by atoms with van der Waals surface area (Å²) in [7, 11) is -3.83. The third-order valence-corrected chi connectivity index (χ3v) is 7.04. The molecule has 0 atom stereocenters. The highest BCUT2D eigenvalue weighted by atomic mass is 32.2. The first-order valence-corrected chi connectivity index (χ1v) is 12.3. The van der Waals surface area contributed by atoms with Crippen molar-refractivity contribution in [1.29, 1.82) is 0 Å². The molecule has 3 rings (SSSR count). The zero-order valence-electron chi connectivity index (χ0n) is 18.7. The highest BCUT2D eigenvalue weighted by Crippen LogP contribution is 2.16. The van der Waals surface area contributed by atoms with Crippen LogP contribution in [0.1, 0.15) is 24.5 Å². The van der Waals surface area contributed by atoms with Crippen molar-refractivity contribution >= 4 is 21.6 Å². The van der Waals surface area contributed by atoms with Gasteiger partial charge in [-0.3, -0.25) is 4.79 Å². The van der Waals surface area contributed by atoms with Crippen LogP contribution in [0.3, 0.4) is 0 Å². The number of amides is 1. The first kappa shape index (κ1) is 24.4. The molecule has 1 amide bonds. The van der Waals surface area contributed by atoms with E-state index >= 15 is 0 Å². The van der Waals surface area contributed by atoms with Crippen molar-refractivity contribution < 1.29 is 13.2 Å². The molecule has 0 unspecified atom stereocenters. The van der Waals surface area contributed by atoms with Crippen LogP contribution in [0.5, 0.6) is 0 Å². The molecule has 6 nitrogen and oxygen atoms in total. The van der Waals surface area contributed by atoms with Crippen molar-refractivity contribution in [3.63, 3.8) is 0 Å². The Morgan fingerprint density at radius 3 is 1.91 bits per heavy atom. The second-order valence-electron chi connectivity index (χ2n) is 7.75. The predicted octanol–water partition coefficient (Wildman–Crippen LogP) is 4.04. The van der Waals surface area contributed by atoms with Gasteiger partial charge in [0.25, 0.3) is 5.91 Å². The van der Waals surface area contributed by atoms with Crippen LogP contribution in [0.25, 0.3) is 0 Å². The number of nitrogens with zero attached hydrogens (tertiary/aromatic N) is 2. The smallest absolute Gasteiger partial charge is 0.255 e. The summed E-state index contributed by atoms with van der Waals surface area (Å²) in [4.78, 5) is 12.8. The summed E-state index contributed by atoms with van der Waals surface area (Å²) >= 11 is 0. The van der Waals surface area contributed by atoms with E-state index in [2.05, 4.69) is 10.5 Å². The van der Waals surface area contributed by atoms with Crippen LogP contribution in [-0.4, -0.2) is 37.4 Å². The van der Waals surface area contributed by atoms with Crippen LogP contribution < -0.4 is 5.43 Å². The molecule has 33 heavy (non-hydrogen) atoms. The molecule has 0 fully saturated rings. The van der Waals surface area contributed by atoms with Gasteiger partial charge in [0.2, 0.25) is 10.0 Å². The van der Waals surface area contributed by atoms with Gasteiger partial charge in [-0.1, -0.05) is 78.9 Å². The standard InChI is InChI=1S/C26H29N3O3S/c1-22(17-18-23-11-5-2-6-12-23)27-28-26(30)21-29(20-19-24-13-7-3-8-14-24)33(31,32)25-15-9-4-10-16-25/h2-16H,17-21H2,1H3,(H,28,30)/b27-22+. The Labute approximate surface area is 196 Å². The van der Waals surface area contributed by atoms with E-state index < -0.39 is 15.9 Å². The molecule has 1 N–H and O–H groups in total. The molecular formula is C26H29N3O3S. The minimum atomic E-state index is -3.83. The van der Waals surface area contributed by atoms with Gasteiger partial charge in [0, 0.05) is 12.3 Å². The lowest BCUT2D eigenvalue weighted by molar-refractivity contribution is -0.121. The maximum absolute atomic E-state index is 13.2. The molecule has 0 aromatic heterocycles. The van der Waals surface area contributed by atoms with Crippen LogP contribution in [0, 0.1) is 0 Å². The Kier molecular flexibility index (Phi) is 8.92. The number of carbonyl (C=O) groups is 1. The predicted molar refractivity (Wildman–Crippen MR) is 131 cm³/mol. The molecular weight excluding hydrogens is 434 g/mol. The Bertz CT molecular complexity index is 1150. The quantitative estimate of drug-likeness (QED) is 0.344. The number of sulfonamides is 1. The van der Waals surface area contributed by atoms with E-state index in [9.17, 15) is 13.2 Å². The monoisotopic (exact) mass is 463 g/mol. The van der Waals surface area contributed by atoms with Crippen LogP contribution >= 0.6 is 0 Å². The number of rotatable bonds is 11. The fourth-order valence-corrected chi connectivity index (χ4v) is 4.72. The first-order chi connectivity index (χ1) is 15.9. The maximum atomic E-state index is 13.2. The minimum absolute atomic E-state index is 0.161. The molecule has 0 saturated heterocycles. The maximum Gasteiger partial charge on any atom is 0.255 e. The Morgan fingerprint density at radius 2 is 1.33 bits per heavy atom. The average Bonchev–Trinajstić information content (AvgIpc) is 2.85. The summed E-state index contributed by atoms with van der Waals surface area (Å²) in [5.74, 6) is -0.471. The van der Waals surface area contributed by atoms with E-state index in [1.165, 1.54) is 22.0 Å². The molecule has 0 spiro atoms. The van der Waals surface area contributed by atoms with E-state index in [4.69, 9.17) is 0 Å². The molecule has 3 aromatic carbocycles. The Balaban J connectivity index is 1.65. The molecule has 0 radical (unpaired) electrons. The number of hydrazone groups is 1. The summed E-state index contributed by atoms with van der Waals surface area (Å²) in [6.07, 6.45) is 2.02. The van der Waals surface area contributed by atoms with Gasteiger partial charge in [0.05, 0.1) is 11.4 Å². The van der Waals surface area contributed by atoms with E-state index in [0.29, 0.717) is 12.8 Å². The topological polar surface area (TPSA) is 78.8 Å². The van der Waals surface area contributed by atoms with Crippen molar-refractivity contribution in [2.75, 3.05) is 13.1 Å². The van der Waals surface area contributed by atoms with Crippen molar-refractivity contribution in [3.05, 3.63) is 102 Å². The fourth-order valence-electron chi connectivity index (χ4n) is 3.30. The molecule has 0 aliphatic heterocycles.